The summed E-state index contributed by atoms with van der Waals surface area (Å²) in [7, 11) is 1.42. The molecule has 2 aromatic heterocycles. The average Bonchev–Trinajstić information content (AvgIpc) is 3.33. The molecule has 0 radical (unpaired) electrons. The van der Waals surface area contributed by atoms with Crippen LogP contribution >= 0.6 is 0 Å². The average molecular weight is 441 g/mol. The van der Waals surface area contributed by atoms with Crippen molar-refractivity contribution in [1.29, 1.82) is 0 Å². The number of carbonyl (C=O) groups excluding carboxylic acids is 2. The van der Waals surface area contributed by atoms with Gasteiger partial charge < -0.3 is 30.9 Å². The molecule has 1 aromatic carbocycles. The normalized spacial score (nSPS) is 22.6. The van der Waals surface area contributed by atoms with E-state index in [4.69, 9.17) is 4.74 Å². The fraction of sp³-hybridized carbons (Fsp3) is 0.350. The summed E-state index contributed by atoms with van der Waals surface area (Å²) in [5, 5.41) is 28.9. The summed E-state index contributed by atoms with van der Waals surface area (Å²) in [4.78, 5) is 36.0. The Hall–Kier alpha value is -3.61. The fourth-order valence-electron chi connectivity index (χ4n) is 3.56. The van der Waals surface area contributed by atoms with E-state index in [9.17, 15) is 19.8 Å². The van der Waals surface area contributed by atoms with E-state index < -0.39 is 30.4 Å². The molecule has 1 unspecified atom stereocenters. The van der Waals surface area contributed by atoms with Gasteiger partial charge in [0.15, 0.2) is 29.3 Å². The molecular weight excluding hydrogens is 418 g/mol. The van der Waals surface area contributed by atoms with Gasteiger partial charge >= 0.3 is 0 Å². The number of aliphatic hydroxyl groups excluding tert-OH is 2. The lowest BCUT2D eigenvalue weighted by Crippen LogP contribution is -2.41. The van der Waals surface area contributed by atoms with Gasteiger partial charge in [-0.3, -0.25) is 14.2 Å². The van der Waals surface area contributed by atoms with Crippen molar-refractivity contribution in [3.63, 3.8) is 0 Å². The van der Waals surface area contributed by atoms with Crippen molar-refractivity contribution in [2.45, 2.75) is 38.0 Å². The number of anilines is 2. The number of hydrogen-bond donors (Lipinski definition) is 5. The number of aromatic nitrogens is 4. The van der Waals surface area contributed by atoms with Crippen molar-refractivity contribution in [1.82, 2.24) is 24.8 Å². The molecule has 3 heterocycles. The number of rotatable bonds is 6. The van der Waals surface area contributed by atoms with Gasteiger partial charge in [0.1, 0.15) is 18.5 Å². The predicted octanol–water partition coefficient (Wildman–Crippen LogP) is -0.238. The lowest BCUT2D eigenvalue weighted by atomic mass is 10.1. The van der Waals surface area contributed by atoms with Crippen LogP contribution in [0, 0.1) is 0 Å². The molecular formula is C20H23N7O5. The molecule has 4 rings (SSSR count). The van der Waals surface area contributed by atoms with E-state index in [0.29, 0.717) is 29.2 Å². The van der Waals surface area contributed by atoms with E-state index in [1.165, 1.54) is 31.2 Å². The standard InChI is InChI=1S/C20H23N7O5/c1-10(28)26-12-5-3-4-11(6-12)7-22-17-13-18(24-8-23-17)27(9-25-13)20-15(30)14(29)16(32-20)19(31)21-2/h3-6,8-9,14-16,20,29-30H,7H2,1-2H3,(H,21,31)(H,26,28)(H,22,23,24)/t14-,15+,16-,20?/m0/s1. The van der Waals surface area contributed by atoms with E-state index in [2.05, 4.69) is 30.9 Å². The molecule has 12 nitrogen and oxygen atoms in total. The van der Waals surface area contributed by atoms with Crippen LogP contribution in [0.15, 0.2) is 36.9 Å². The molecule has 1 fully saturated rings. The zero-order valence-corrected chi connectivity index (χ0v) is 17.4. The van der Waals surface area contributed by atoms with Gasteiger partial charge in [-0.15, -0.1) is 0 Å². The Labute approximate surface area is 182 Å². The van der Waals surface area contributed by atoms with Crippen molar-refractivity contribution >= 4 is 34.5 Å². The van der Waals surface area contributed by atoms with Crippen LogP contribution in [0.3, 0.4) is 0 Å². The number of carbonyl (C=O) groups is 2. The number of nitrogens with zero attached hydrogens (tertiary/aromatic N) is 4. The molecule has 1 saturated heterocycles. The number of aliphatic hydroxyl groups is 2. The van der Waals surface area contributed by atoms with Crippen LogP contribution in [0.25, 0.3) is 11.2 Å². The highest BCUT2D eigenvalue weighted by Gasteiger charge is 2.47. The highest BCUT2D eigenvalue weighted by molar-refractivity contribution is 5.88. The molecule has 1 aliphatic rings. The second-order valence-corrected chi connectivity index (χ2v) is 7.32. The number of nitrogens with one attached hydrogen (secondary N) is 3. The third kappa shape index (κ3) is 4.10. The SMILES string of the molecule is CNC(=O)[C@H]1OC(n2cnc3c(NCc4cccc(NC(C)=O)c4)ncnc32)[C@H](O)[C@@H]1O. The zero-order chi connectivity index (χ0) is 22.8. The zero-order valence-electron chi connectivity index (χ0n) is 17.4. The van der Waals surface area contributed by atoms with Crippen LogP contribution in [0.2, 0.25) is 0 Å². The summed E-state index contributed by atoms with van der Waals surface area (Å²) in [5.74, 6) is -0.241. The molecule has 0 spiro atoms. The van der Waals surface area contributed by atoms with Crippen LogP contribution in [-0.2, 0) is 20.9 Å². The van der Waals surface area contributed by atoms with Crippen molar-refractivity contribution < 1.29 is 24.5 Å². The lowest BCUT2D eigenvalue weighted by Gasteiger charge is -2.16. The topological polar surface area (TPSA) is 164 Å². The number of likely N-dealkylation sites (N-methyl/N-ethyl adjacent to an activating group) is 1. The van der Waals surface area contributed by atoms with Crippen molar-refractivity contribution in [3.8, 4) is 0 Å². The quantitative estimate of drug-likeness (QED) is 0.347. The first-order valence-corrected chi connectivity index (χ1v) is 9.90. The van der Waals surface area contributed by atoms with Crippen molar-refractivity contribution in [2.75, 3.05) is 17.7 Å². The number of amides is 2. The minimum atomic E-state index is -1.40. The Kier molecular flexibility index (Phi) is 5.99. The molecule has 5 N–H and O–H groups in total. The number of imidazole rings is 1. The Morgan fingerprint density at radius 2 is 2.00 bits per heavy atom. The Morgan fingerprint density at radius 1 is 1.19 bits per heavy atom. The summed E-state index contributed by atoms with van der Waals surface area (Å²) in [6, 6.07) is 7.37. The number of ether oxygens (including phenoxy) is 1. The first-order chi connectivity index (χ1) is 15.4. The fourth-order valence-corrected chi connectivity index (χ4v) is 3.56. The van der Waals surface area contributed by atoms with Gasteiger partial charge in [0.2, 0.25) is 5.91 Å². The lowest BCUT2D eigenvalue weighted by molar-refractivity contribution is -0.137. The van der Waals surface area contributed by atoms with E-state index in [-0.39, 0.29) is 5.91 Å². The van der Waals surface area contributed by atoms with Crippen LogP contribution in [-0.4, -0.2) is 66.9 Å². The van der Waals surface area contributed by atoms with E-state index in [1.807, 2.05) is 18.2 Å². The summed E-state index contributed by atoms with van der Waals surface area (Å²) in [6.45, 7) is 1.85. The summed E-state index contributed by atoms with van der Waals surface area (Å²) in [6.07, 6.45) is -2.26. The third-order valence-corrected chi connectivity index (χ3v) is 5.08. The summed E-state index contributed by atoms with van der Waals surface area (Å²) in [5.41, 5.74) is 2.39. The predicted molar refractivity (Wildman–Crippen MR) is 113 cm³/mol. The smallest absolute Gasteiger partial charge is 0.251 e. The Bertz CT molecular complexity index is 1150. The van der Waals surface area contributed by atoms with Gasteiger partial charge in [-0.2, -0.15) is 0 Å². The molecule has 0 saturated carbocycles. The largest absolute Gasteiger partial charge is 0.387 e. The molecule has 4 atom stereocenters. The number of benzene rings is 1. The summed E-state index contributed by atoms with van der Waals surface area (Å²) >= 11 is 0. The van der Waals surface area contributed by atoms with Crippen LogP contribution in [0.1, 0.15) is 18.7 Å². The molecule has 0 bridgehead atoms. The third-order valence-electron chi connectivity index (χ3n) is 5.08. The highest BCUT2D eigenvalue weighted by atomic mass is 16.6. The first-order valence-electron chi connectivity index (χ1n) is 9.90. The molecule has 2 amide bonds. The second kappa shape index (κ2) is 8.86. The van der Waals surface area contributed by atoms with E-state index in [1.54, 1.807) is 6.07 Å². The van der Waals surface area contributed by atoms with Gasteiger partial charge in [-0.25, -0.2) is 15.0 Å². The maximum Gasteiger partial charge on any atom is 0.251 e. The molecule has 12 heteroatoms. The highest BCUT2D eigenvalue weighted by Crippen LogP contribution is 2.32. The Morgan fingerprint density at radius 3 is 2.75 bits per heavy atom. The molecule has 168 valence electrons. The monoisotopic (exact) mass is 441 g/mol. The van der Waals surface area contributed by atoms with Gasteiger partial charge in [0.25, 0.3) is 5.91 Å². The molecule has 3 aromatic rings. The second-order valence-electron chi connectivity index (χ2n) is 7.32. The minimum Gasteiger partial charge on any atom is -0.387 e. The van der Waals surface area contributed by atoms with Gasteiger partial charge in [0.05, 0.1) is 6.33 Å². The number of hydrogen-bond acceptors (Lipinski definition) is 9. The molecule has 0 aliphatic carbocycles. The van der Waals surface area contributed by atoms with Crippen LogP contribution < -0.4 is 16.0 Å². The first kappa shape index (κ1) is 21.6. The van der Waals surface area contributed by atoms with E-state index >= 15 is 0 Å². The maximum absolute atomic E-state index is 11.9. The number of fused-ring (bicyclic) bond motifs is 1. The van der Waals surface area contributed by atoms with Crippen LogP contribution in [0.5, 0.6) is 0 Å². The van der Waals surface area contributed by atoms with Crippen LogP contribution in [0.4, 0.5) is 11.5 Å². The molecule has 1 aliphatic heterocycles. The van der Waals surface area contributed by atoms with Crippen molar-refractivity contribution in [3.05, 3.63) is 42.5 Å². The summed E-state index contributed by atoms with van der Waals surface area (Å²) < 4.78 is 7.06. The minimum absolute atomic E-state index is 0.154. The van der Waals surface area contributed by atoms with Gasteiger partial charge in [-0.1, -0.05) is 12.1 Å². The van der Waals surface area contributed by atoms with E-state index in [0.717, 1.165) is 5.56 Å². The van der Waals surface area contributed by atoms with Crippen molar-refractivity contribution in [2.24, 2.45) is 0 Å². The molecule has 32 heavy (non-hydrogen) atoms. The maximum atomic E-state index is 11.9. The Balaban J connectivity index is 1.55. The van der Waals surface area contributed by atoms with Gasteiger partial charge in [-0.05, 0) is 17.7 Å². The van der Waals surface area contributed by atoms with Gasteiger partial charge in [0, 0.05) is 26.2 Å².